The summed E-state index contributed by atoms with van der Waals surface area (Å²) in [7, 11) is 0. The van der Waals surface area contributed by atoms with Crippen LogP contribution in [0.15, 0.2) is 30.3 Å². The van der Waals surface area contributed by atoms with Crippen molar-refractivity contribution in [2.45, 2.75) is 53.9 Å². The van der Waals surface area contributed by atoms with Crippen LogP contribution in [-0.2, 0) is 11.2 Å². The molecule has 1 saturated heterocycles. The molecular weight excluding hydrogens is 465 g/mol. The minimum absolute atomic E-state index is 0.104. The molecule has 33 heavy (non-hydrogen) atoms. The summed E-state index contributed by atoms with van der Waals surface area (Å²) in [4.78, 5) is 13.3. The van der Waals surface area contributed by atoms with Crippen LogP contribution in [0.5, 0.6) is 0 Å². The Hall–Kier alpha value is -2.16. The molecule has 1 fully saturated rings. The van der Waals surface area contributed by atoms with Gasteiger partial charge in [0.1, 0.15) is 17.7 Å². The monoisotopic (exact) mass is 496 g/mol. The molecule has 1 amide bonds. The molecule has 2 aromatic rings. The Morgan fingerprint density at radius 2 is 1.79 bits per heavy atom. The number of hydrogen-bond acceptors (Lipinski definition) is 2. The van der Waals surface area contributed by atoms with E-state index in [9.17, 15) is 13.6 Å². The van der Waals surface area contributed by atoms with Crippen molar-refractivity contribution in [3.8, 4) is 6.07 Å². The summed E-state index contributed by atoms with van der Waals surface area (Å²) in [6.07, 6.45) is 2.38. The van der Waals surface area contributed by atoms with E-state index in [1.165, 1.54) is 6.42 Å². The summed E-state index contributed by atoms with van der Waals surface area (Å²) < 4.78 is 25.4. The summed E-state index contributed by atoms with van der Waals surface area (Å²) in [5.41, 5.74) is 1.85. The first-order valence-corrected chi connectivity index (χ1v) is 11.9. The number of aryl methyl sites for hydroxylation is 1. The van der Waals surface area contributed by atoms with Crippen LogP contribution in [0.2, 0.25) is 10.0 Å². The fourth-order valence-corrected chi connectivity index (χ4v) is 3.99. The molecule has 0 bridgehead atoms. The van der Waals surface area contributed by atoms with E-state index in [0.717, 1.165) is 37.2 Å². The summed E-state index contributed by atoms with van der Waals surface area (Å²) in [5, 5.41) is 8.90. The van der Waals surface area contributed by atoms with Gasteiger partial charge >= 0.3 is 0 Å². The van der Waals surface area contributed by atoms with E-state index in [1.807, 2.05) is 24.0 Å². The molecule has 2 aromatic carbocycles. The molecule has 180 valence electrons. The Balaban J connectivity index is 0.000000249. The first-order chi connectivity index (χ1) is 15.6. The highest BCUT2D eigenvalue weighted by molar-refractivity contribution is 6.32. The highest BCUT2D eigenvalue weighted by Crippen LogP contribution is 2.26. The van der Waals surface area contributed by atoms with Gasteiger partial charge in [-0.05, 0) is 61.9 Å². The number of amides is 1. The van der Waals surface area contributed by atoms with Gasteiger partial charge in [0.2, 0.25) is 5.91 Å². The number of hydrogen-bond donors (Lipinski definition) is 0. The van der Waals surface area contributed by atoms with Crippen LogP contribution in [0.4, 0.5) is 8.78 Å². The van der Waals surface area contributed by atoms with E-state index in [4.69, 9.17) is 28.5 Å². The molecule has 0 aliphatic carbocycles. The second-order valence-corrected chi connectivity index (χ2v) is 8.84. The van der Waals surface area contributed by atoms with Gasteiger partial charge in [-0.3, -0.25) is 4.79 Å². The molecule has 0 spiro atoms. The molecule has 2 atom stereocenters. The van der Waals surface area contributed by atoms with Crippen LogP contribution in [0, 0.1) is 41.7 Å². The van der Waals surface area contributed by atoms with Crippen molar-refractivity contribution in [1.82, 2.24) is 4.90 Å². The van der Waals surface area contributed by atoms with Gasteiger partial charge in [-0.2, -0.15) is 5.26 Å². The topological polar surface area (TPSA) is 44.1 Å². The molecule has 0 saturated carbocycles. The summed E-state index contributed by atoms with van der Waals surface area (Å²) in [5.74, 6) is 0.652. The SMILES string of the molecule is CCC(C)C1CC(=O)N(CC)C1.CCc1c(F)ccc(F)c1Cl.Cc1ccc(C#N)c(Cl)c1. The molecule has 1 aliphatic rings. The largest absolute Gasteiger partial charge is 0.343 e. The number of likely N-dealkylation sites (tertiary alicyclic amines) is 1. The molecule has 3 nitrogen and oxygen atoms in total. The molecule has 1 aliphatic heterocycles. The maximum absolute atomic E-state index is 12.8. The van der Waals surface area contributed by atoms with E-state index in [0.29, 0.717) is 34.7 Å². The smallest absolute Gasteiger partial charge is 0.222 e. The van der Waals surface area contributed by atoms with Gasteiger partial charge in [0.15, 0.2) is 0 Å². The van der Waals surface area contributed by atoms with E-state index >= 15 is 0 Å². The molecule has 0 radical (unpaired) electrons. The Bertz CT molecular complexity index is 975. The number of nitrogens with zero attached hydrogens (tertiary/aromatic N) is 2. The van der Waals surface area contributed by atoms with Crippen LogP contribution in [0.1, 0.15) is 57.2 Å². The van der Waals surface area contributed by atoms with Gasteiger partial charge in [-0.1, -0.05) is 56.5 Å². The maximum Gasteiger partial charge on any atom is 0.222 e. The number of carbonyl (C=O) groups excluding carboxylic acids is 1. The van der Waals surface area contributed by atoms with Crippen LogP contribution >= 0.6 is 23.2 Å². The van der Waals surface area contributed by atoms with E-state index in [-0.39, 0.29) is 10.6 Å². The third kappa shape index (κ3) is 8.61. The second kappa shape index (κ2) is 14.2. The average Bonchev–Trinajstić information content (AvgIpc) is 3.18. The summed E-state index contributed by atoms with van der Waals surface area (Å²) in [6.45, 7) is 12.0. The average molecular weight is 497 g/mol. The highest BCUT2D eigenvalue weighted by Gasteiger charge is 2.30. The lowest BCUT2D eigenvalue weighted by molar-refractivity contribution is -0.127. The fourth-order valence-electron chi connectivity index (χ4n) is 3.43. The number of nitriles is 1. The van der Waals surface area contributed by atoms with Gasteiger partial charge in [0.25, 0.3) is 0 Å². The molecule has 2 unspecified atom stereocenters. The van der Waals surface area contributed by atoms with Crippen molar-refractivity contribution in [2.24, 2.45) is 11.8 Å². The lowest BCUT2D eigenvalue weighted by Gasteiger charge is -2.17. The number of rotatable bonds is 4. The Morgan fingerprint density at radius 1 is 1.15 bits per heavy atom. The van der Waals surface area contributed by atoms with Crippen LogP contribution in [0.3, 0.4) is 0 Å². The lowest BCUT2D eigenvalue weighted by Crippen LogP contribution is -2.25. The molecule has 1 heterocycles. The third-order valence-corrected chi connectivity index (χ3v) is 6.53. The van der Waals surface area contributed by atoms with Gasteiger partial charge < -0.3 is 4.90 Å². The van der Waals surface area contributed by atoms with E-state index in [2.05, 4.69) is 20.8 Å². The minimum Gasteiger partial charge on any atom is -0.343 e. The van der Waals surface area contributed by atoms with Crippen LogP contribution in [-0.4, -0.2) is 23.9 Å². The van der Waals surface area contributed by atoms with Crippen molar-refractivity contribution in [3.63, 3.8) is 0 Å². The van der Waals surface area contributed by atoms with Gasteiger partial charge in [-0.25, -0.2) is 8.78 Å². The second-order valence-electron chi connectivity index (χ2n) is 8.05. The molecular formula is C26H32Cl2F2N2O. The quantitative estimate of drug-likeness (QED) is 0.408. The summed E-state index contributed by atoms with van der Waals surface area (Å²) >= 11 is 11.2. The molecule has 7 heteroatoms. The normalized spacial score (nSPS) is 15.7. The maximum atomic E-state index is 12.8. The van der Waals surface area contributed by atoms with Gasteiger partial charge in [0, 0.05) is 25.1 Å². The van der Waals surface area contributed by atoms with Crippen molar-refractivity contribution in [1.29, 1.82) is 5.26 Å². The molecule has 0 aromatic heterocycles. The number of halogens is 4. The van der Waals surface area contributed by atoms with Crippen molar-refractivity contribution >= 4 is 29.1 Å². The third-order valence-electron chi connectivity index (χ3n) is 5.81. The Labute approximate surface area is 206 Å². The predicted molar refractivity (Wildman–Crippen MR) is 131 cm³/mol. The Kier molecular flexibility index (Phi) is 12.4. The standard InChI is InChI=1S/C10H19NO.C8H7ClF2.C8H6ClN/c1-4-8(3)9-6-10(12)11(5-2)7-9;1-2-5-6(10)3-4-7(11)8(5)9;1-6-2-3-7(5-10)8(9)4-6/h8-9H,4-7H2,1-3H3;3-4H,2H2,1H3;2-4H,1H3. The number of carbonyl (C=O) groups is 1. The zero-order chi connectivity index (χ0) is 25.1. The summed E-state index contributed by atoms with van der Waals surface area (Å²) in [6, 6.07) is 9.46. The van der Waals surface area contributed by atoms with Crippen molar-refractivity contribution < 1.29 is 13.6 Å². The minimum atomic E-state index is -0.565. The van der Waals surface area contributed by atoms with Crippen molar-refractivity contribution in [3.05, 3.63) is 68.7 Å². The predicted octanol–water partition coefficient (Wildman–Crippen LogP) is 7.60. The zero-order valence-electron chi connectivity index (χ0n) is 19.9. The van der Waals surface area contributed by atoms with Gasteiger partial charge in [-0.15, -0.1) is 0 Å². The molecule has 0 N–H and O–H groups in total. The zero-order valence-corrected chi connectivity index (χ0v) is 21.4. The lowest BCUT2D eigenvalue weighted by atomic mass is 9.91. The van der Waals surface area contributed by atoms with Crippen LogP contribution in [0.25, 0.3) is 0 Å². The first-order valence-electron chi connectivity index (χ1n) is 11.2. The van der Waals surface area contributed by atoms with Crippen molar-refractivity contribution in [2.75, 3.05) is 13.1 Å². The van der Waals surface area contributed by atoms with Crippen LogP contribution < -0.4 is 0 Å². The highest BCUT2D eigenvalue weighted by atomic mass is 35.5. The molecule has 3 rings (SSSR count). The first kappa shape index (κ1) is 28.9. The number of benzene rings is 2. The van der Waals surface area contributed by atoms with E-state index in [1.54, 1.807) is 19.1 Å². The Morgan fingerprint density at radius 3 is 2.24 bits per heavy atom. The fraction of sp³-hybridized carbons (Fsp3) is 0.462. The van der Waals surface area contributed by atoms with Gasteiger partial charge in [0.05, 0.1) is 15.6 Å². The van der Waals surface area contributed by atoms with E-state index < -0.39 is 11.6 Å².